The number of nitrogens with zero attached hydrogens (tertiary/aromatic N) is 2. The van der Waals surface area contributed by atoms with Crippen LogP contribution in [0.3, 0.4) is 0 Å². The molecule has 1 N–H and O–H groups in total. The molecule has 31 heavy (non-hydrogen) atoms. The number of hydrogen-bond acceptors (Lipinski definition) is 6. The Bertz CT molecular complexity index is 1080. The van der Waals surface area contributed by atoms with E-state index in [1.807, 2.05) is 12.1 Å². The average molecular weight is 456 g/mol. The quantitative estimate of drug-likeness (QED) is 0.330. The standard InChI is InChI=1S/C22H18ClN3O4S/c23-15-3-7-17(8-4-15)26-21(29)18(20(28)24-22(26)31)13-19(27)14-1-5-16(6-2-14)25-9-11-30-12-10-25/h1-8,13H,9-12H2,(H,24,28,31)/b18-13-. The van der Waals surface area contributed by atoms with E-state index in [0.717, 1.165) is 29.8 Å². The van der Waals surface area contributed by atoms with Crippen LogP contribution in [0.5, 0.6) is 0 Å². The first kappa shape index (κ1) is 21.2. The largest absolute Gasteiger partial charge is 0.378 e. The third-order valence-electron chi connectivity index (χ3n) is 4.99. The lowest BCUT2D eigenvalue weighted by Crippen LogP contribution is -2.54. The maximum absolute atomic E-state index is 13.0. The predicted molar refractivity (Wildman–Crippen MR) is 122 cm³/mol. The molecule has 0 saturated carbocycles. The van der Waals surface area contributed by atoms with Gasteiger partial charge in [0.1, 0.15) is 5.57 Å². The Labute approximate surface area is 189 Å². The van der Waals surface area contributed by atoms with Gasteiger partial charge in [-0.25, -0.2) is 0 Å². The molecule has 0 unspecified atom stereocenters. The van der Waals surface area contributed by atoms with Crippen molar-refractivity contribution in [1.82, 2.24) is 5.32 Å². The van der Waals surface area contributed by atoms with Crippen LogP contribution in [0.25, 0.3) is 0 Å². The maximum atomic E-state index is 13.0. The Morgan fingerprint density at radius 2 is 1.61 bits per heavy atom. The molecular weight excluding hydrogens is 438 g/mol. The molecule has 2 aromatic carbocycles. The molecule has 7 nitrogen and oxygen atoms in total. The SMILES string of the molecule is O=C1NC(=S)N(c2ccc(Cl)cc2)C(=O)/C1=C\C(=O)c1ccc(N2CCOCC2)cc1. The van der Waals surface area contributed by atoms with Crippen molar-refractivity contribution in [2.45, 2.75) is 0 Å². The molecule has 2 aromatic rings. The summed E-state index contributed by atoms with van der Waals surface area (Å²) in [6, 6.07) is 13.5. The highest BCUT2D eigenvalue weighted by Crippen LogP contribution is 2.23. The zero-order chi connectivity index (χ0) is 22.0. The number of carbonyl (C=O) groups excluding carboxylic acids is 3. The summed E-state index contributed by atoms with van der Waals surface area (Å²) >= 11 is 11.0. The van der Waals surface area contributed by atoms with E-state index >= 15 is 0 Å². The zero-order valence-electron chi connectivity index (χ0n) is 16.3. The topological polar surface area (TPSA) is 79.0 Å². The van der Waals surface area contributed by atoms with Gasteiger partial charge in [0.05, 0.1) is 18.9 Å². The van der Waals surface area contributed by atoms with Crippen LogP contribution in [-0.2, 0) is 14.3 Å². The molecule has 4 rings (SSSR count). The number of halogens is 1. The van der Waals surface area contributed by atoms with E-state index in [4.69, 9.17) is 28.6 Å². The highest BCUT2D eigenvalue weighted by Gasteiger charge is 2.35. The summed E-state index contributed by atoms with van der Waals surface area (Å²) in [5, 5.41) is 2.89. The van der Waals surface area contributed by atoms with Crippen LogP contribution in [-0.4, -0.2) is 49.0 Å². The van der Waals surface area contributed by atoms with Gasteiger partial charge in [0.25, 0.3) is 11.8 Å². The summed E-state index contributed by atoms with van der Waals surface area (Å²) < 4.78 is 5.35. The Hall–Kier alpha value is -3.07. The molecule has 2 aliphatic rings. The molecule has 9 heteroatoms. The first-order valence-electron chi connectivity index (χ1n) is 9.58. The highest BCUT2D eigenvalue weighted by atomic mass is 35.5. The van der Waals surface area contributed by atoms with Crippen molar-refractivity contribution in [2.24, 2.45) is 0 Å². The summed E-state index contributed by atoms with van der Waals surface area (Å²) in [5.74, 6) is -1.83. The van der Waals surface area contributed by atoms with Gasteiger partial charge in [-0.1, -0.05) is 11.6 Å². The number of ketones is 1. The number of ether oxygens (including phenoxy) is 1. The molecule has 158 valence electrons. The minimum atomic E-state index is -0.710. The van der Waals surface area contributed by atoms with Gasteiger partial charge >= 0.3 is 0 Å². The van der Waals surface area contributed by atoms with Crippen LogP contribution in [0.1, 0.15) is 10.4 Å². The molecule has 0 spiro atoms. The van der Waals surface area contributed by atoms with Crippen molar-refractivity contribution >= 4 is 57.9 Å². The molecule has 2 fully saturated rings. The number of morpholine rings is 1. The average Bonchev–Trinajstić information content (AvgIpc) is 2.78. The molecule has 0 aliphatic carbocycles. The summed E-state index contributed by atoms with van der Waals surface area (Å²) in [5.41, 5.74) is 1.51. The number of anilines is 2. The van der Waals surface area contributed by atoms with E-state index in [9.17, 15) is 14.4 Å². The van der Waals surface area contributed by atoms with E-state index < -0.39 is 17.6 Å². The van der Waals surface area contributed by atoms with Gasteiger partial charge in [0.15, 0.2) is 10.9 Å². The van der Waals surface area contributed by atoms with Crippen LogP contribution in [0, 0.1) is 0 Å². The number of hydrogen-bond donors (Lipinski definition) is 1. The number of rotatable bonds is 4. The minimum absolute atomic E-state index is 0.0585. The molecule has 2 heterocycles. The van der Waals surface area contributed by atoms with E-state index in [-0.39, 0.29) is 10.7 Å². The van der Waals surface area contributed by atoms with Gasteiger partial charge in [-0.2, -0.15) is 0 Å². The molecule has 0 aromatic heterocycles. The highest BCUT2D eigenvalue weighted by molar-refractivity contribution is 7.80. The van der Waals surface area contributed by atoms with Crippen molar-refractivity contribution in [2.75, 3.05) is 36.1 Å². The van der Waals surface area contributed by atoms with Crippen LogP contribution in [0.15, 0.2) is 60.2 Å². The van der Waals surface area contributed by atoms with Crippen LogP contribution in [0.2, 0.25) is 5.02 Å². The summed E-state index contributed by atoms with van der Waals surface area (Å²) in [6.07, 6.45) is 1.05. The van der Waals surface area contributed by atoms with Crippen LogP contribution in [0.4, 0.5) is 11.4 Å². The number of carbonyl (C=O) groups is 3. The smallest absolute Gasteiger partial charge is 0.270 e. The van der Waals surface area contributed by atoms with Gasteiger partial charge in [-0.15, -0.1) is 0 Å². The molecule has 0 bridgehead atoms. The molecule has 0 atom stereocenters. The second-order valence-corrected chi connectivity index (χ2v) is 7.77. The van der Waals surface area contributed by atoms with E-state index in [1.165, 1.54) is 0 Å². The number of thiocarbonyl (C=S) groups is 1. The van der Waals surface area contributed by atoms with Gasteiger partial charge in [0, 0.05) is 35.4 Å². The number of benzene rings is 2. The first-order valence-corrected chi connectivity index (χ1v) is 10.4. The third-order valence-corrected chi connectivity index (χ3v) is 5.53. The summed E-state index contributed by atoms with van der Waals surface area (Å²) in [4.78, 5) is 41.4. The fourth-order valence-corrected chi connectivity index (χ4v) is 3.76. The second kappa shape index (κ2) is 8.97. The van der Waals surface area contributed by atoms with E-state index in [0.29, 0.717) is 29.5 Å². The van der Waals surface area contributed by atoms with Crippen LogP contribution < -0.4 is 15.1 Å². The predicted octanol–water partition coefficient (Wildman–Crippen LogP) is 2.73. The zero-order valence-corrected chi connectivity index (χ0v) is 17.9. The van der Waals surface area contributed by atoms with E-state index in [2.05, 4.69) is 10.2 Å². The first-order chi connectivity index (χ1) is 14.9. The Morgan fingerprint density at radius 1 is 1.00 bits per heavy atom. The Morgan fingerprint density at radius 3 is 2.26 bits per heavy atom. The van der Waals surface area contributed by atoms with Crippen LogP contribution >= 0.6 is 23.8 Å². The van der Waals surface area contributed by atoms with Crippen molar-refractivity contribution in [3.8, 4) is 0 Å². The maximum Gasteiger partial charge on any atom is 0.270 e. The van der Waals surface area contributed by atoms with E-state index in [1.54, 1.807) is 36.4 Å². The normalized spacial score (nSPS) is 18.4. The molecule has 2 amide bonds. The van der Waals surface area contributed by atoms with Crippen molar-refractivity contribution < 1.29 is 19.1 Å². The molecule has 2 aliphatic heterocycles. The van der Waals surface area contributed by atoms with Crippen molar-refractivity contribution in [3.05, 3.63) is 70.8 Å². The fraction of sp³-hybridized carbons (Fsp3) is 0.182. The number of allylic oxidation sites excluding steroid dienone is 1. The molecule has 2 saturated heterocycles. The van der Waals surface area contributed by atoms with Crippen molar-refractivity contribution in [3.63, 3.8) is 0 Å². The summed E-state index contributed by atoms with van der Waals surface area (Å²) in [6.45, 7) is 2.89. The number of nitrogens with one attached hydrogen (secondary N) is 1. The lowest BCUT2D eigenvalue weighted by molar-refractivity contribution is -0.122. The summed E-state index contributed by atoms with van der Waals surface area (Å²) in [7, 11) is 0. The second-order valence-electron chi connectivity index (χ2n) is 6.94. The lowest BCUT2D eigenvalue weighted by atomic mass is 10.0. The monoisotopic (exact) mass is 455 g/mol. The van der Waals surface area contributed by atoms with Gasteiger partial charge in [-0.3, -0.25) is 24.6 Å². The number of amides is 2. The fourth-order valence-electron chi connectivity index (χ4n) is 3.35. The van der Waals surface area contributed by atoms with Gasteiger partial charge < -0.3 is 9.64 Å². The lowest BCUT2D eigenvalue weighted by Gasteiger charge is -2.29. The van der Waals surface area contributed by atoms with Gasteiger partial charge in [0.2, 0.25) is 0 Å². The van der Waals surface area contributed by atoms with Gasteiger partial charge in [-0.05, 0) is 60.7 Å². The molecule has 0 radical (unpaired) electrons. The minimum Gasteiger partial charge on any atom is -0.378 e. The molecular formula is C22H18ClN3O4S. The van der Waals surface area contributed by atoms with Crippen molar-refractivity contribution in [1.29, 1.82) is 0 Å². The Balaban J connectivity index is 1.56. The Kier molecular flexibility index (Phi) is 6.13. The third kappa shape index (κ3) is 4.51.